The molecule has 0 saturated heterocycles. The summed E-state index contributed by atoms with van der Waals surface area (Å²) in [5.74, 6) is 1.50. The second-order valence-corrected chi connectivity index (χ2v) is 12.7. The lowest BCUT2D eigenvalue weighted by molar-refractivity contribution is 0.593. The average molecular weight is 547 g/mol. The monoisotopic (exact) mass is 546 g/mol. The third-order valence-electron chi connectivity index (χ3n) is 7.18. The van der Waals surface area contributed by atoms with Gasteiger partial charge < -0.3 is 5.32 Å². The summed E-state index contributed by atoms with van der Waals surface area (Å²) in [6.45, 7) is 5.65. The molecule has 6 rings (SSSR count). The third-order valence-corrected chi connectivity index (χ3v) is 8.90. The minimum Gasteiger partial charge on any atom is -0.360 e. The maximum Gasteiger partial charge on any atom is 0.295 e. The van der Waals surface area contributed by atoms with Gasteiger partial charge in [0, 0.05) is 24.1 Å². The van der Waals surface area contributed by atoms with Crippen LogP contribution in [0.3, 0.4) is 0 Å². The summed E-state index contributed by atoms with van der Waals surface area (Å²) in [5, 5.41) is 3.07. The van der Waals surface area contributed by atoms with Crippen molar-refractivity contribution in [2.75, 3.05) is 11.1 Å². The maximum absolute atomic E-state index is 13.5. The molecular formula is C27H30N8O3S. The number of sulfone groups is 1. The van der Waals surface area contributed by atoms with Gasteiger partial charge in [-0.2, -0.15) is 0 Å². The summed E-state index contributed by atoms with van der Waals surface area (Å²) >= 11 is 0. The molecule has 4 aromatic heterocycles. The molecule has 11 nitrogen and oxygen atoms in total. The van der Waals surface area contributed by atoms with Crippen LogP contribution in [-0.2, 0) is 16.4 Å². The van der Waals surface area contributed by atoms with E-state index < -0.39 is 9.84 Å². The predicted octanol–water partition coefficient (Wildman–Crippen LogP) is 3.78. The number of hydrogen-bond acceptors (Lipinski definition) is 10. The van der Waals surface area contributed by atoms with Gasteiger partial charge in [0.1, 0.15) is 11.8 Å². The highest BCUT2D eigenvalue weighted by Gasteiger charge is 2.35. The van der Waals surface area contributed by atoms with Gasteiger partial charge in [0.05, 0.1) is 46.0 Å². The van der Waals surface area contributed by atoms with Crippen molar-refractivity contribution in [1.82, 2.24) is 34.5 Å². The Hall–Kier alpha value is -3.80. The van der Waals surface area contributed by atoms with Crippen LogP contribution in [-0.4, -0.2) is 48.6 Å². The molecule has 202 valence electrons. The molecule has 4 aromatic rings. The first-order chi connectivity index (χ1) is 18.8. The molecule has 2 fully saturated rings. The van der Waals surface area contributed by atoms with Gasteiger partial charge >= 0.3 is 0 Å². The lowest BCUT2D eigenvalue weighted by Gasteiger charge is -2.17. The van der Waals surface area contributed by atoms with Crippen LogP contribution in [0.15, 0.2) is 40.5 Å². The van der Waals surface area contributed by atoms with Crippen molar-refractivity contribution in [2.45, 2.75) is 75.8 Å². The van der Waals surface area contributed by atoms with E-state index in [1.165, 1.54) is 12.3 Å². The lowest BCUT2D eigenvalue weighted by Crippen LogP contribution is -2.27. The van der Waals surface area contributed by atoms with E-state index in [9.17, 15) is 13.2 Å². The van der Waals surface area contributed by atoms with Crippen LogP contribution in [0.1, 0.15) is 81.4 Å². The smallest absolute Gasteiger partial charge is 0.295 e. The normalized spacial score (nSPS) is 15.7. The van der Waals surface area contributed by atoms with Crippen molar-refractivity contribution in [1.29, 1.82) is 0 Å². The van der Waals surface area contributed by atoms with E-state index in [1.807, 2.05) is 13.8 Å². The topological polar surface area (TPSA) is 146 Å². The molecule has 0 atom stereocenters. The Kier molecular flexibility index (Phi) is 6.37. The van der Waals surface area contributed by atoms with Crippen LogP contribution < -0.4 is 10.9 Å². The largest absolute Gasteiger partial charge is 0.360 e. The molecule has 0 spiro atoms. The summed E-state index contributed by atoms with van der Waals surface area (Å²) in [6.07, 6.45) is 9.04. The van der Waals surface area contributed by atoms with Gasteiger partial charge in [-0.3, -0.25) is 14.3 Å². The molecule has 2 aliphatic rings. The van der Waals surface area contributed by atoms with E-state index >= 15 is 0 Å². The van der Waals surface area contributed by atoms with Crippen LogP contribution in [0, 0.1) is 0 Å². The van der Waals surface area contributed by atoms with Crippen molar-refractivity contribution in [2.24, 2.45) is 0 Å². The summed E-state index contributed by atoms with van der Waals surface area (Å²) in [4.78, 5) is 41.3. The standard InChI is InChI=1S/C27H30N8O3S/c1-4-39(37,38)19-10-9-18(28-12-19)11-29-25-27(36)35(15(2)3)26-20(33-25)13-30-24(34-26)21-22(16-5-6-16)31-14-32-23(21)17-7-8-17/h9-10,12-17H,4-8,11H2,1-3H3,(H,29,33). The van der Waals surface area contributed by atoms with E-state index in [0.29, 0.717) is 34.5 Å². The zero-order valence-corrected chi connectivity index (χ0v) is 22.9. The minimum absolute atomic E-state index is 0.00685. The molecule has 4 heterocycles. The number of hydrogen-bond donors (Lipinski definition) is 1. The number of nitrogens with zero attached hydrogens (tertiary/aromatic N) is 7. The summed E-state index contributed by atoms with van der Waals surface area (Å²) < 4.78 is 25.7. The van der Waals surface area contributed by atoms with E-state index in [4.69, 9.17) is 4.98 Å². The van der Waals surface area contributed by atoms with Gasteiger partial charge in [0.25, 0.3) is 5.56 Å². The molecule has 39 heavy (non-hydrogen) atoms. The average Bonchev–Trinajstić information content (AvgIpc) is 3.85. The van der Waals surface area contributed by atoms with Gasteiger partial charge in [-0.1, -0.05) is 6.92 Å². The fraction of sp³-hybridized carbons (Fsp3) is 0.444. The van der Waals surface area contributed by atoms with Gasteiger partial charge in [-0.05, 0) is 51.7 Å². The number of anilines is 1. The first-order valence-electron chi connectivity index (χ1n) is 13.3. The molecule has 0 amide bonds. The summed E-state index contributed by atoms with van der Waals surface area (Å²) in [5.41, 5.74) is 4.14. The Morgan fingerprint density at radius 1 is 0.974 bits per heavy atom. The minimum atomic E-state index is -3.33. The first kappa shape index (κ1) is 25.5. The van der Waals surface area contributed by atoms with Gasteiger partial charge in [-0.15, -0.1) is 0 Å². The SMILES string of the molecule is CCS(=O)(=O)c1ccc(CNc2nc3cnc(-c4c(C5CC5)ncnc4C4CC4)nc3n(C(C)C)c2=O)nc1. The quantitative estimate of drug-likeness (QED) is 0.329. The Balaban J connectivity index is 1.37. The highest BCUT2D eigenvalue weighted by atomic mass is 32.2. The Morgan fingerprint density at radius 2 is 1.67 bits per heavy atom. The molecule has 0 aliphatic heterocycles. The van der Waals surface area contributed by atoms with Crippen LogP contribution >= 0.6 is 0 Å². The zero-order valence-electron chi connectivity index (χ0n) is 22.1. The molecule has 0 radical (unpaired) electrons. The second kappa shape index (κ2) is 9.74. The first-order valence-corrected chi connectivity index (χ1v) is 15.0. The maximum atomic E-state index is 13.5. The van der Waals surface area contributed by atoms with Crippen LogP contribution in [0.25, 0.3) is 22.6 Å². The van der Waals surface area contributed by atoms with Crippen molar-refractivity contribution in [3.05, 3.63) is 58.3 Å². The summed E-state index contributed by atoms with van der Waals surface area (Å²) in [6, 6.07) is 2.97. The molecule has 0 bridgehead atoms. The van der Waals surface area contributed by atoms with Gasteiger partial charge in [-0.25, -0.2) is 33.3 Å². The van der Waals surface area contributed by atoms with E-state index in [2.05, 4.69) is 30.2 Å². The Morgan fingerprint density at radius 3 is 2.23 bits per heavy atom. The van der Waals surface area contributed by atoms with Crippen molar-refractivity contribution < 1.29 is 8.42 Å². The molecule has 1 N–H and O–H groups in total. The van der Waals surface area contributed by atoms with E-state index in [1.54, 1.807) is 30.1 Å². The number of fused-ring (bicyclic) bond motifs is 1. The summed E-state index contributed by atoms with van der Waals surface area (Å²) in [7, 11) is -3.33. The zero-order chi connectivity index (χ0) is 27.3. The fourth-order valence-corrected chi connectivity index (χ4v) is 5.55. The van der Waals surface area contributed by atoms with Crippen LogP contribution in [0.4, 0.5) is 5.82 Å². The molecule has 12 heteroatoms. The molecule has 0 unspecified atom stereocenters. The van der Waals surface area contributed by atoms with Gasteiger partial charge in [0.2, 0.25) is 0 Å². The molecule has 0 aromatic carbocycles. The number of aromatic nitrogens is 7. The van der Waals surface area contributed by atoms with E-state index in [-0.39, 0.29) is 34.6 Å². The molecule has 2 saturated carbocycles. The van der Waals surface area contributed by atoms with E-state index in [0.717, 1.165) is 42.6 Å². The fourth-order valence-electron chi connectivity index (χ4n) is 4.73. The van der Waals surface area contributed by atoms with Crippen LogP contribution in [0.5, 0.6) is 0 Å². The van der Waals surface area contributed by atoms with Crippen molar-refractivity contribution in [3.63, 3.8) is 0 Å². The van der Waals surface area contributed by atoms with Crippen molar-refractivity contribution >= 4 is 26.8 Å². The number of pyridine rings is 1. The van der Waals surface area contributed by atoms with Crippen LogP contribution in [0.2, 0.25) is 0 Å². The highest BCUT2D eigenvalue weighted by Crippen LogP contribution is 2.48. The number of rotatable bonds is 9. The highest BCUT2D eigenvalue weighted by molar-refractivity contribution is 7.91. The number of nitrogens with one attached hydrogen (secondary N) is 1. The van der Waals surface area contributed by atoms with Gasteiger partial charge in [0.15, 0.2) is 27.1 Å². The second-order valence-electron chi connectivity index (χ2n) is 10.4. The third kappa shape index (κ3) is 4.88. The Bertz CT molecular complexity index is 1700. The lowest BCUT2D eigenvalue weighted by atomic mass is 10.0. The Labute approximate surface area is 226 Å². The molecular weight excluding hydrogens is 516 g/mol. The predicted molar refractivity (Wildman–Crippen MR) is 146 cm³/mol. The van der Waals surface area contributed by atoms with Crippen molar-refractivity contribution in [3.8, 4) is 11.4 Å². The molecule has 2 aliphatic carbocycles.